The van der Waals surface area contributed by atoms with Gasteiger partial charge in [-0.25, -0.2) is 0 Å². The highest BCUT2D eigenvalue weighted by Gasteiger charge is 2.29. The summed E-state index contributed by atoms with van der Waals surface area (Å²) >= 11 is 0. The van der Waals surface area contributed by atoms with Crippen LogP contribution in [0.25, 0.3) is 10.9 Å². The Labute approximate surface area is 131 Å². The third-order valence-corrected chi connectivity index (χ3v) is 4.37. The van der Waals surface area contributed by atoms with Crippen LogP contribution in [0.15, 0.2) is 24.4 Å². The molecular formula is C17H25N3O2. The summed E-state index contributed by atoms with van der Waals surface area (Å²) in [6.45, 7) is 4.31. The third-order valence-electron chi connectivity index (χ3n) is 4.37. The average molecular weight is 303 g/mol. The number of nitrogens with two attached hydrogens (primary N) is 1. The normalized spacial score (nSPS) is 12.0. The first kappa shape index (κ1) is 16.5. The van der Waals surface area contributed by atoms with Crippen LogP contribution in [0.1, 0.15) is 57.9 Å². The highest BCUT2D eigenvalue weighted by atomic mass is 16.6. The molecule has 0 aliphatic heterocycles. The maximum Gasteiger partial charge on any atom is 0.270 e. The smallest absolute Gasteiger partial charge is 0.270 e. The molecule has 120 valence electrons. The summed E-state index contributed by atoms with van der Waals surface area (Å²) in [6, 6.07) is 4.93. The van der Waals surface area contributed by atoms with E-state index in [1.807, 2.05) is 6.20 Å². The molecule has 1 aromatic heterocycles. The van der Waals surface area contributed by atoms with Crippen LogP contribution in [0.2, 0.25) is 0 Å². The standard InChI is InChI=1S/C17H25N3O2/c1-3-5-9-17(18,10-6-4-2)15-12-19-16-8-7-13(20(21)22)11-14(15)16/h7-8,11-12,19H,3-6,9-10,18H2,1-2H3. The van der Waals surface area contributed by atoms with E-state index < -0.39 is 5.54 Å². The fourth-order valence-electron chi connectivity index (χ4n) is 3.01. The molecule has 0 aliphatic rings. The number of aromatic nitrogens is 1. The van der Waals surface area contributed by atoms with E-state index in [0.29, 0.717) is 0 Å². The molecule has 22 heavy (non-hydrogen) atoms. The molecule has 5 nitrogen and oxygen atoms in total. The summed E-state index contributed by atoms with van der Waals surface area (Å²) in [6.07, 6.45) is 8.03. The number of nitrogens with zero attached hydrogens (tertiary/aromatic N) is 1. The Bertz CT molecular complexity index is 640. The molecule has 0 saturated heterocycles. The lowest BCUT2D eigenvalue weighted by atomic mass is 9.81. The molecule has 0 unspecified atom stereocenters. The van der Waals surface area contributed by atoms with Crippen LogP contribution in [-0.2, 0) is 5.54 Å². The van der Waals surface area contributed by atoms with Gasteiger partial charge in [-0.3, -0.25) is 10.1 Å². The Morgan fingerprint density at radius 1 is 1.23 bits per heavy atom. The van der Waals surface area contributed by atoms with Crippen LogP contribution >= 0.6 is 0 Å². The molecule has 0 fully saturated rings. The second-order valence-corrected chi connectivity index (χ2v) is 6.05. The topological polar surface area (TPSA) is 85.0 Å². The van der Waals surface area contributed by atoms with E-state index >= 15 is 0 Å². The van der Waals surface area contributed by atoms with Crippen LogP contribution in [0.3, 0.4) is 0 Å². The molecule has 1 heterocycles. The maximum atomic E-state index is 11.0. The molecule has 0 bridgehead atoms. The lowest BCUT2D eigenvalue weighted by molar-refractivity contribution is -0.384. The number of H-pyrrole nitrogens is 1. The average Bonchev–Trinajstić information content (AvgIpc) is 2.94. The third kappa shape index (κ3) is 3.30. The maximum absolute atomic E-state index is 11.0. The number of non-ortho nitro benzene ring substituents is 1. The minimum Gasteiger partial charge on any atom is -0.361 e. The molecule has 5 heteroatoms. The predicted octanol–water partition coefficient (Wildman–Crippen LogP) is 4.61. The summed E-state index contributed by atoms with van der Waals surface area (Å²) in [5, 5.41) is 11.9. The number of aromatic amines is 1. The number of benzene rings is 1. The van der Waals surface area contributed by atoms with Crippen LogP contribution in [0.4, 0.5) is 5.69 Å². The van der Waals surface area contributed by atoms with Gasteiger partial charge in [-0.05, 0) is 24.5 Å². The summed E-state index contributed by atoms with van der Waals surface area (Å²) in [5.41, 5.74) is 8.35. The molecule has 0 aliphatic carbocycles. The van der Waals surface area contributed by atoms with E-state index in [0.717, 1.165) is 55.0 Å². The van der Waals surface area contributed by atoms with Crippen molar-refractivity contribution in [2.75, 3.05) is 0 Å². The molecule has 3 N–H and O–H groups in total. The van der Waals surface area contributed by atoms with E-state index in [4.69, 9.17) is 5.73 Å². The van der Waals surface area contributed by atoms with E-state index in [2.05, 4.69) is 18.8 Å². The van der Waals surface area contributed by atoms with Gasteiger partial charge < -0.3 is 10.7 Å². The first-order valence-corrected chi connectivity index (χ1v) is 8.06. The fraction of sp³-hybridized carbons (Fsp3) is 0.529. The number of rotatable bonds is 8. The minimum absolute atomic E-state index is 0.113. The zero-order valence-corrected chi connectivity index (χ0v) is 13.4. The zero-order chi connectivity index (χ0) is 16.2. The van der Waals surface area contributed by atoms with Gasteiger partial charge in [0.25, 0.3) is 5.69 Å². The lowest BCUT2D eigenvalue weighted by Gasteiger charge is -2.29. The number of nitro groups is 1. The largest absolute Gasteiger partial charge is 0.361 e. The van der Waals surface area contributed by atoms with E-state index in [-0.39, 0.29) is 10.6 Å². The van der Waals surface area contributed by atoms with Gasteiger partial charge in [0.2, 0.25) is 0 Å². The first-order valence-electron chi connectivity index (χ1n) is 8.06. The molecule has 0 radical (unpaired) electrons. The van der Waals surface area contributed by atoms with Gasteiger partial charge in [0.05, 0.1) is 4.92 Å². The van der Waals surface area contributed by atoms with E-state index in [9.17, 15) is 10.1 Å². The molecule has 0 spiro atoms. The van der Waals surface area contributed by atoms with E-state index in [1.54, 1.807) is 12.1 Å². The van der Waals surface area contributed by atoms with Gasteiger partial charge in [-0.15, -0.1) is 0 Å². The van der Waals surface area contributed by atoms with Gasteiger partial charge in [0, 0.05) is 34.8 Å². The van der Waals surface area contributed by atoms with Crippen LogP contribution in [0, 0.1) is 10.1 Å². The summed E-state index contributed by atoms with van der Waals surface area (Å²) in [7, 11) is 0. The van der Waals surface area contributed by atoms with Gasteiger partial charge in [-0.2, -0.15) is 0 Å². The van der Waals surface area contributed by atoms with Crippen molar-refractivity contribution >= 4 is 16.6 Å². The number of nitrogens with one attached hydrogen (secondary N) is 1. The quantitative estimate of drug-likeness (QED) is 0.551. The van der Waals surface area contributed by atoms with E-state index in [1.165, 1.54) is 6.07 Å². The molecule has 2 aromatic rings. The Kier molecular flexibility index (Phi) is 5.19. The van der Waals surface area contributed by atoms with Crippen molar-refractivity contribution in [1.82, 2.24) is 4.98 Å². The Morgan fingerprint density at radius 3 is 2.41 bits per heavy atom. The lowest BCUT2D eigenvalue weighted by Crippen LogP contribution is -2.36. The number of hydrogen-bond acceptors (Lipinski definition) is 3. The van der Waals surface area contributed by atoms with Crippen molar-refractivity contribution in [3.8, 4) is 0 Å². The summed E-state index contributed by atoms with van der Waals surface area (Å²) < 4.78 is 0. The SMILES string of the molecule is CCCCC(N)(CCCC)c1c[nH]c2ccc([N+](=O)[O-])cc12. The number of unbranched alkanes of at least 4 members (excludes halogenated alkanes) is 2. The predicted molar refractivity (Wildman–Crippen MR) is 89.9 cm³/mol. The van der Waals surface area contributed by atoms with Crippen molar-refractivity contribution < 1.29 is 4.92 Å². The van der Waals surface area contributed by atoms with Crippen molar-refractivity contribution in [2.24, 2.45) is 5.73 Å². The van der Waals surface area contributed by atoms with Gasteiger partial charge >= 0.3 is 0 Å². The molecule has 0 amide bonds. The summed E-state index contributed by atoms with van der Waals surface area (Å²) in [4.78, 5) is 13.9. The Morgan fingerprint density at radius 2 is 1.86 bits per heavy atom. The molecular weight excluding hydrogens is 278 g/mol. The van der Waals surface area contributed by atoms with Crippen LogP contribution in [-0.4, -0.2) is 9.91 Å². The summed E-state index contributed by atoms with van der Waals surface area (Å²) in [5.74, 6) is 0. The van der Waals surface area contributed by atoms with Gasteiger partial charge in [-0.1, -0.05) is 39.5 Å². The minimum atomic E-state index is -0.417. The second kappa shape index (κ2) is 6.92. The van der Waals surface area contributed by atoms with Crippen LogP contribution in [0.5, 0.6) is 0 Å². The molecule has 1 aromatic carbocycles. The zero-order valence-electron chi connectivity index (χ0n) is 13.4. The highest BCUT2D eigenvalue weighted by Crippen LogP contribution is 2.36. The van der Waals surface area contributed by atoms with Crippen molar-refractivity contribution in [1.29, 1.82) is 0 Å². The van der Waals surface area contributed by atoms with Crippen molar-refractivity contribution in [3.05, 3.63) is 40.1 Å². The molecule has 2 rings (SSSR count). The number of fused-ring (bicyclic) bond motifs is 1. The number of nitro benzene ring substituents is 1. The number of hydrogen-bond donors (Lipinski definition) is 2. The molecule has 0 saturated carbocycles. The molecule has 0 atom stereocenters. The van der Waals surface area contributed by atoms with Crippen molar-refractivity contribution in [2.45, 2.75) is 57.9 Å². The Balaban J connectivity index is 2.47. The second-order valence-electron chi connectivity index (χ2n) is 6.05. The monoisotopic (exact) mass is 303 g/mol. The van der Waals surface area contributed by atoms with Crippen molar-refractivity contribution in [3.63, 3.8) is 0 Å². The highest BCUT2D eigenvalue weighted by molar-refractivity contribution is 5.86. The van der Waals surface area contributed by atoms with Crippen LogP contribution < -0.4 is 5.73 Å². The fourth-order valence-corrected chi connectivity index (χ4v) is 3.01. The van der Waals surface area contributed by atoms with Gasteiger partial charge in [0.15, 0.2) is 0 Å². The first-order chi connectivity index (χ1) is 10.5. The Hall–Kier alpha value is -1.88. The van der Waals surface area contributed by atoms with Gasteiger partial charge in [0.1, 0.15) is 0 Å².